The molecule has 0 radical (unpaired) electrons. The lowest BCUT2D eigenvalue weighted by molar-refractivity contribution is 0.102. The SMILES string of the molecule is Cc1oc(-c2ccc(NC(=O)c3cccc(CN4CCS(=O)(=O)CC4)c3)cc2)nc1I. The number of hydrogen-bond donors (Lipinski definition) is 1. The Morgan fingerprint density at radius 3 is 2.52 bits per heavy atom. The Labute approximate surface area is 194 Å². The van der Waals surface area contributed by atoms with Gasteiger partial charge in [0.05, 0.1) is 11.5 Å². The molecule has 0 bridgehead atoms. The van der Waals surface area contributed by atoms with Crippen LogP contribution >= 0.6 is 22.6 Å². The van der Waals surface area contributed by atoms with Crippen LogP contribution in [0.3, 0.4) is 0 Å². The fraction of sp³-hybridized carbons (Fsp3) is 0.273. The Morgan fingerprint density at radius 2 is 1.87 bits per heavy atom. The van der Waals surface area contributed by atoms with E-state index >= 15 is 0 Å². The number of nitrogens with zero attached hydrogens (tertiary/aromatic N) is 2. The van der Waals surface area contributed by atoms with Crippen molar-refractivity contribution in [2.75, 3.05) is 29.9 Å². The number of aromatic nitrogens is 1. The first-order chi connectivity index (χ1) is 14.8. The number of carbonyl (C=O) groups excluding carboxylic acids is 1. The Morgan fingerprint density at radius 1 is 1.16 bits per heavy atom. The maximum absolute atomic E-state index is 12.7. The summed E-state index contributed by atoms with van der Waals surface area (Å²) >= 11 is 2.13. The van der Waals surface area contributed by atoms with Crippen molar-refractivity contribution in [3.05, 3.63) is 69.1 Å². The first-order valence-electron chi connectivity index (χ1n) is 9.85. The Hall–Kier alpha value is -2.24. The number of amides is 1. The highest BCUT2D eigenvalue weighted by atomic mass is 127. The van der Waals surface area contributed by atoms with Gasteiger partial charge < -0.3 is 9.73 Å². The normalized spacial score (nSPS) is 16.2. The largest absolute Gasteiger partial charge is 0.440 e. The molecule has 7 nitrogen and oxygen atoms in total. The van der Waals surface area contributed by atoms with E-state index < -0.39 is 9.84 Å². The van der Waals surface area contributed by atoms with Gasteiger partial charge in [-0.25, -0.2) is 13.4 Å². The maximum atomic E-state index is 12.7. The predicted octanol–water partition coefficient (Wildman–Crippen LogP) is 3.74. The smallest absolute Gasteiger partial charge is 0.255 e. The van der Waals surface area contributed by atoms with Gasteiger partial charge in [0.2, 0.25) is 5.89 Å². The van der Waals surface area contributed by atoms with Crippen LogP contribution in [0.1, 0.15) is 21.7 Å². The Kier molecular flexibility index (Phi) is 6.44. The molecule has 1 fully saturated rings. The van der Waals surface area contributed by atoms with Gasteiger partial charge in [0.25, 0.3) is 5.91 Å². The summed E-state index contributed by atoms with van der Waals surface area (Å²) in [6.07, 6.45) is 0. The van der Waals surface area contributed by atoms with Gasteiger partial charge in [-0.15, -0.1) is 0 Å². The number of carbonyl (C=O) groups is 1. The Bertz CT molecular complexity index is 1170. The molecule has 1 aromatic heterocycles. The van der Waals surface area contributed by atoms with Crippen molar-refractivity contribution in [2.24, 2.45) is 0 Å². The minimum Gasteiger partial charge on any atom is -0.440 e. The van der Waals surface area contributed by atoms with E-state index in [0.717, 1.165) is 20.6 Å². The predicted molar refractivity (Wildman–Crippen MR) is 128 cm³/mol. The maximum Gasteiger partial charge on any atom is 0.255 e. The molecule has 1 amide bonds. The van der Waals surface area contributed by atoms with Crippen molar-refractivity contribution in [1.29, 1.82) is 0 Å². The van der Waals surface area contributed by atoms with E-state index in [4.69, 9.17) is 4.42 Å². The fourth-order valence-electron chi connectivity index (χ4n) is 3.38. The van der Waals surface area contributed by atoms with Gasteiger partial charge in [-0.05, 0) is 71.5 Å². The van der Waals surface area contributed by atoms with Crippen LogP contribution < -0.4 is 5.32 Å². The van der Waals surface area contributed by atoms with Crippen molar-refractivity contribution in [2.45, 2.75) is 13.5 Å². The van der Waals surface area contributed by atoms with Crippen LogP contribution in [0.25, 0.3) is 11.5 Å². The minimum atomic E-state index is -2.90. The number of nitrogens with one attached hydrogen (secondary N) is 1. The molecule has 31 heavy (non-hydrogen) atoms. The van der Waals surface area contributed by atoms with E-state index in [9.17, 15) is 13.2 Å². The van der Waals surface area contributed by atoms with Crippen LogP contribution in [0, 0.1) is 10.6 Å². The van der Waals surface area contributed by atoms with Crippen LogP contribution in [0.4, 0.5) is 5.69 Å². The zero-order chi connectivity index (χ0) is 22.0. The highest BCUT2D eigenvalue weighted by Crippen LogP contribution is 2.24. The molecule has 1 aliphatic rings. The molecule has 1 aliphatic heterocycles. The van der Waals surface area contributed by atoms with E-state index in [1.54, 1.807) is 6.07 Å². The fourth-order valence-corrected chi connectivity index (χ4v) is 4.98. The number of oxazole rings is 1. The van der Waals surface area contributed by atoms with Gasteiger partial charge >= 0.3 is 0 Å². The summed E-state index contributed by atoms with van der Waals surface area (Å²) in [6.45, 7) is 3.54. The number of halogens is 1. The first kappa shape index (κ1) is 22.0. The van der Waals surface area contributed by atoms with Crippen molar-refractivity contribution in [3.63, 3.8) is 0 Å². The molecule has 1 N–H and O–H groups in total. The molecule has 9 heteroatoms. The summed E-state index contributed by atoms with van der Waals surface area (Å²) in [5.41, 5.74) is 3.06. The Balaban J connectivity index is 1.40. The molecule has 0 atom stereocenters. The van der Waals surface area contributed by atoms with E-state index in [1.165, 1.54) is 0 Å². The van der Waals surface area contributed by atoms with E-state index in [0.29, 0.717) is 36.8 Å². The average molecular weight is 551 g/mol. The third-order valence-electron chi connectivity index (χ3n) is 5.16. The molecular weight excluding hydrogens is 529 g/mol. The average Bonchev–Trinajstić information content (AvgIpc) is 3.09. The number of aryl methyl sites for hydroxylation is 1. The lowest BCUT2D eigenvalue weighted by Crippen LogP contribution is -2.39. The van der Waals surface area contributed by atoms with Crippen molar-refractivity contribution >= 4 is 44.0 Å². The van der Waals surface area contributed by atoms with Crippen molar-refractivity contribution in [1.82, 2.24) is 9.88 Å². The second-order valence-corrected chi connectivity index (χ2v) is 10.9. The van der Waals surface area contributed by atoms with Crippen molar-refractivity contribution < 1.29 is 17.6 Å². The molecule has 0 unspecified atom stereocenters. The molecule has 3 aromatic rings. The summed E-state index contributed by atoms with van der Waals surface area (Å²) in [6, 6.07) is 14.8. The molecule has 0 aliphatic carbocycles. The summed E-state index contributed by atoms with van der Waals surface area (Å²) < 4.78 is 29.7. The molecule has 162 valence electrons. The minimum absolute atomic E-state index is 0.190. The lowest BCUT2D eigenvalue weighted by atomic mass is 10.1. The zero-order valence-electron chi connectivity index (χ0n) is 17.0. The van der Waals surface area contributed by atoms with Crippen LogP contribution in [-0.2, 0) is 16.4 Å². The summed E-state index contributed by atoms with van der Waals surface area (Å²) in [4.78, 5) is 19.2. The molecule has 1 saturated heterocycles. The van der Waals surface area contributed by atoms with Crippen LogP contribution in [0.15, 0.2) is 52.9 Å². The molecule has 0 spiro atoms. The van der Waals surface area contributed by atoms with Crippen LogP contribution in [-0.4, -0.2) is 48.8 Å². The van der Waals surface area contributed by atoms with Gasteiger partial charge in [0.1, 0.15) is 9.46 Å². The first-order valence-corrected chi connectivity index (χ1v) is 12.8. The van der Waals surface area contributed by atoms with Gasteiger partial charge in [-0.1, -0.05) is 12.1 Å². The molecule has 2 heterocycles. The highest BCUT2D eigenvalue weighted by molar-refractivity contribution is 14.1. The summed E-state index contributed by atoms with van der Waals surface area (Å²) in [7, 11) is -2.90. The molecule has 0 saturated carbocycles. The van der Waals surface area contributed by atoms with Crippen LogP contribution in [0.5, 0.6) is 0 Å². The number of anilines is 1. The topological polar surface area (TPSA) is 92.5 Å². The highest BCUT2D eigenvalue weighted by Gasteiger charge is 2.21. The van der Waals surface area contributed by atoms with Crippen LogP contribution in [0.2, 0.25) is 0 Å². The van der Waals surface area contributed by atoms with E-state index in [2.05, 4.69) is 37.8 Å². The van der Waals surface area contributed by atoms with Gasteiger partial charge in [-0.3, -0.25) is 9.69 Å². The van der Waals surface area contributed by atoms with E-state index in [-0.39, 0.29) is 17.4 Å². The number of hydrogen-bond acceptors (Lipinski definition) is 6. The lowest BCUT2D eigenvalue weighted by Gasteiger charge is -2.26. The standard InChI is InChI=1S/C22H22IN3O4S/c1-15-20(23)25-22(30-15)17-5-7-19(8-6-17)24-21(27)18-4-2-3-16(13-18)14-26-9-11-31(28,29)12-10-26/h2-8,13H,9-12,14H2,1H3,(H,24,27). The quantitative estimate of drug-likeness (QED) is 0.486. The molecular formula is C22H22IN3O4S. The molecule has 4 rings (SSSR count). The van der Waals surface area contributed by atoms with Gasteiger partial charge in [0, 0.05) is 36.4 Å². The number of benzene rings is 2. The van der Waals surface area contributed by atoms with Gasteiger partial charge in [-0.2, -0.15) is 0 Å². The second kappa shape index (κ2) is 9.09. The monoisotopic (exact) mass is 551 g/mol. The summed E-state index contributed by atoms with van der Waals surface area (Å²) in [5.74, 6) is 1.51. The zero-order valence-corrected chi connectivity index (χ0v) is 19.9. The number of rotatable bonds is 5. The molecule has 2 aromatic carbocycles. The number of sulfone groups is 1. The summed E-state index contributed by atoms with van der Waals surface area (Å²) in [5, 5.41) is 2.91. The third-order valence-corrected chi connectivity index (χ3v) is 7.77. The third kappa shape index (κ3) is 5.52. The van der Waals surface area contributed by atoms with Gasteiger partial charge in [0.15, 0.2) is 9.84 Å². The van der Waals surface area contributed by atoms with E-state index in [1.807, 2.05) is 49.4 Å². The van der Waals surface area contributed by atoms with Crippen molar-refractivity contribution in [3.8, 4) is 11.5 Å². The second-order valence-electron chi connectivity index (χ2n) is 7.53.